The molecule has 2 rings (SSSR count). The Bertz CT molecular complexity index is 368. The predicted octanol–water partition coefficient (Wildman–Crippen LogP) is 4.56. The van der Waals surface area contributed by atoms with Gasteiger partial charge in [-0.15, -0.1) is 6.58 Å². The summed E-state index contributed by atoms with van der Waals surface area (Å²) in [4.78, 5) is 2.63. The topological polar surface area (TPSA) is 3.24 Å². The van der Waals surface area contributed by atoms with Crippen molar-refractivity contribution < 1.29 is 0 Å². The number of hydrogen-bond donors (Lipinski definition) is 0. The highest BCUT2D eigenvalue weighted by atomic mass is 32.1. The van der Waals surface area contributed by atoms with E-state index in [0.29, 0.717) is 0 Å². The lowest BCUT2D eigenvalue weighted by Crippen LogP contribution is -2.37. The van der Waals surface area contributed by atoms with E-state index in [0.717, 1.165) is 18.4 Å². The highest BCUT2D eigenvalue weighted by Gasteiger charge is 2.24. The molecular formula is C16H25NS. The van der Waals surface area contributed by atoms with Crippen LogP contribution in [-0.4, -0.2) is 18.0 Å². The highest BCUT2D eigenvalue weighted by molar-refractivity contribution is 7.07. The molecule has 1 fully saturated rings. The molecule has 1 nitrogen and oxygen atoms in total. The molecule has 0 aromatic carbocycles. The Kier molecular flexibility index (Phi) is 5.02. The van der Waals surface area contributed by atoms with Crippen LogP contribution in [0.15, 0.2) is 29.0 Å². The van der Waals surface area contributed by atoms with Gasteiger partial charge in [0.1, 0.15) is 0 Å². The van der Waals surface area contributed by atoms with Gasteiger partial charge in [-0.1, -0.05) is 12.5 Å². The first kappa shape index (κ1) is 13.8. The fourth-order valence-electron chi connectivity index (χ4n) is 3.06. The summed E-state index contributed by atoms with van der Waals surface area (Å²) in [6, 6.07) is 2.26. The van der Waals surface area contributed by atoms with Crippen LogP contribution in [0.25, 0.3) is 0 Å². The van der Waals surface area contributed by atoms with Gasteiger partial charge in [-0.2, -0.15) is 11.3 Å². The van der Waals surface area contributed by atoms with Crippen LogP contribution in [-0.2, 0) is 6.54 Å². The Hall–Kier alpha value is -0.600. The van der Waals surface area contributed by atoms with Crippen LogP contribution in [0.3, 0.4) is 0 Å². The van der Waals surface area contributed by atoms with Crippen molar-refractivity contribution >= 4 is 11.3 Å². The van der Waals surface area contributed by atoms with Crippen molar-refractivity contribution in [2.75, 3.05) is 13.1 Å². The van der Waals surface area contributed by atoms with Crippen LogP contribution in [0.2, 0.25) is 0 Å². The average molecular weight is 263 g/mol. The first-order chi connectivity index (χ1) is 8.65. The Morgan fingerprint density at radius 3 is 3.11 bits per heavy atom. The van der Waals surface area contributed by atoms with Crippen LogP contribution in [0, 0.1) is 11.8 Å². The van der Waals surface area contributed by atoms with Gasteiger partial charge in [0.05, 0.1) is 0 Å². The van der Waals surface area contributed by atoms with Crippen molar-refractivity contribution in [2.24, 2.45) is 11.8 Å². The smallest absolute Gasteiger partial charge is 0.0242 e. The zero-order valence-electron chi connectivity index (χ0n) is 11.7. The maximum Gasteiger partial charge on any atom is 0.0242 e. The van der Waals surface area contributed by atoms with E-state index in [-0.39, 0.29) is 0 Å². The van der Waals surface area contributed by atoms with Crippen LogP contribution in [0.1, 0.15) is 38.7 Å². The molecule has 1 aromatic rings. The molecule has 1 unspecified atom stereocenters. The summed E-state index contributed by atoms with van der Waals surface area (Å²) in [5.41, 5.74) is 2.81. The number of likely N-dealkylation sites (tertiary alicyclic amines) is 1. The molecule has 0 aliphatic carbocycles. The van der Waals surface area contributed by atoms with Gasteiger partial charge in [0.15, 0.2) is 0 Å². The molecule has 2 heterocycles. The zero-order valence-corrected chi connectivity index (χ0v) is 12.5. The molecule has 1 saturated heterocycles. The SMILES string of the molecule is C=C(C)C[C@@H](C)C1CCCN(Cc2ccsc2)C1. The maximum absolute atomic E-state index is 4.06. The largest absolute Gasteiger partial charge is 0.299 e. The van der Waals surface area contributed by atoms with Crippen LogP contribution in [0.4, 0.5) is 0 Å². The molecule has 18 heavy (non-hydrogen) atoms. The molecule has 0 spiro atoms. The summed E-state index contributed by atoms with van der Waals surface area (Å²) in [7, 11) is 0. The third kappa shape index (κ3) is 3.96. The van der Waals surface area contributed by atoms with Gasteiger partial charge >= 0.3 is 0 Å². The van der Waals surface area contributed by atoms with E-state index >= 15 is 0 Å². The first-order valence-corrected chi connectivity index (χ1v) is 7.97. The summed E-state index contributed by atoms with van der Waals surface area (Å²) in [5, 5.41) is 4.46. The second-order valence-electron chi connectivity index (χ2n) is 5.91. The molecule has 0 bridgehead atoms. The van der Waals surface area contributed by atoms with Gasteiger partial charge in [-0.05, 0) is 67.0 Å². The van der Waals surface area contributed by atoms with Crippen molar-refractivity contribution in [1.82, 2.24) is 4.90 Å². The lowest BCUT2D eigenvalue weighted by Gasteiger charge is -2.35. The molecule has 1 aliphatic heterocycles. The van der Waals surface area contributed by atoms with Gasteiger partial charge < -0.3 is 0 Å². The van der Waals surface area contributed by atoms with Crippen molar-refractivity contribution in [3.05, 3.63) is 34.5 Å². The molecule has 0 amide bonds. The third-order valence-corrected chi connectivity index (χ3v) is 4.74. The van der Waals surface area contributed by atoms with Crippen LogP contribution in [0.5, 0.6) is 0 Å². The number of piperidine rings is 1. The Morgan fingerprint density at radius 1 is 1.61 bits per heavy atom. The number of thiophene rings is 1. The minimum atomic E-state index is 0.785. The van der Waals surface area contributed by atoms with E-state index in [1.165, 1.54) is 43.5 Å². The monoisotopic (exact) mass is 263 g/mol. The number of hydrogen-bond acceptors (Lipinski definition) is 2. The molecule has 1 aliphatic rings. The van der Waals surface area contributed by atoms with E-state index in [4.69, 9.17) is 0 Å². The van der Waals surface area contributed by atoms with E-state index in [1.54, 1.807) is 11.3 Å². The molecule has 0 saturated carbocycles. The standard InChI is InChI=1S/C16H25NS/c1-13(2)9-14(3)16-5-4-7-17(11-16)10-15-6-8-18-12-15/h6,8,12,14,16H,1,4-5,7,9-11H2,2-3H3/t14-,16?/m1/s1. The van der Waals surface area contributed by atoms with Crippen LogP contribution < -0.4 is 0 Å². The van der Waals surface area contributed by atoms with Crippen molar-refractivity contribution in [1.29, 1.82) is 0 Å². The molecule has 0 N–H and O–H groups in total. The minimum Gasteiger partial charge on any atom is -0.299 e. The van der Waals surface area contributed by atoms with Crippen molar-refractivity contribution in [3.63, 3.8) is 0 Å². The molecule has 100 valence electrons. The first-order valence-electron chi connectivity index (χ1n) is 7.03. The lowest BCUT2D eigenvalue weighted by molar-refractivity contribution is 0.133. The average Bonchev–Trinajstić information content (AvgIpc) is 2.81. The van der Waals surface area contributed by atoms with Gasteiger partial charge in [-0.3, -0.25) is 4.90 Å². The number of allylic oxidation sites excluding steroid dienone is 1. The normalized spacial score (nSPS) is 22.9. The van der Waals surface area contributed by atoms with E-state index in [2.05, 4.69) is 42.2 Å². The quantitative estimate of drug-likeness (QED) is 0.704. The van der Waals surface area contributed by atoms with Gasteiger partial charge in [0.2, 0.25) is 0 Å². The van der Waals surface area contributed by atoms with E-state index in [9.17, 15) is 0 Å². The fourth-order valence-corrected chi connectivity index (χ4v) is 3.72. The van der Waals surface area contributed by atoms with E-state index < -0.39 is 0 Å². The summed E-state index contributed by atoms with van der Waals surface area (Å²) in [5.74, 6) is 1.64. The number of nitrogens with zero attached hydrogens (tertiary/aromatic N) is 1. The number of rotatable bonds is 5. The lowest BCUT2D eigenvalue weighted by atomic mass is 9.83. The Labute approximate surface area is 116 Å². The van der Waals surface area contributed by atoms with Gasteiger partial charge in [-0.25, -0.2) is 0 Å². The maximum atomic E-state index is 4.06. The molecular weight excluding hydrogens is 238 g/mol. The van der Waals surface area contributed by atoms with E-state index in [1.807, 2.05) is 0 Å². The third-order valence-electron chi connectivity index (χ3n) is 4.00. The summed E-state index contributed by atoms with van der Waals surface area (Å²) in [6.07, 6.45) is 3.95. The second kappa shape index (κ2) is 6.53. The zero-order chi connectivity index (χ0) is 13.0. The highest BCUT2D eigenvalue weighted by Crippen LogP contribution is 2.28. The molecule has 2 heteroatoms. The summed E-state index contributed by atoms with van der Waals surface area (Å²) >= 11 is 1.81. The summed E-state index contributed by atoms with van der Waals surface area (Å²) < 4.78 is 0. The van der Waals surface area contributed by atoms with Gasteiger partial charge in [0, 0.05) is 13.1 Å². The Morgan fingerprint density at radius 2 is 2.44 bits per heavy atom. The molecule has 2 atom stereocenters. The van der Waals surface area contributed by atoms with Crippen LogP contribution >= 0.6 is 11.3 Å². The van der Waals surface area contributed by atoms with Gasteiger partial charge in [0.25, 0.3) is 0 Å². The fraction of sp³-hybridized carbons (Fsp3) is 0.625. The summed E-state index contributed by atoms with van der Waals surface area (Å²) in [6.45, 7) is 12.3. The second-order valence-corrected chi connectivity index (χ2v) is 6.69. The molecule has 0 radical (unpaired) electrons. The molecule has 1 aromatic heterocycles. The van der Waals surface area contributed by atoms with Crippen molar-refractivity contribution in [3.8, 4) is 0 Å². The van der Waals surface area contributed by atoms with Crippen molar-refractivity contribution in [2.45, 2.75) is 39.7 Å². The minimum absolute atomic E-state index is 0.785. The Balaban J connectivity index is 1.86. The predicted molar refractivity (Wildman–Crippen MR) is 80.9 cm³/mol.